The average Bonchev–Trinajstić information content (AvgIpc) is 2.38. The highest BCUT2D eigenvalue weighted by Gasteiger charge is 2.09. The van der Waals surface area contributed by atoms with Crippen molar-refractivity contribution in [3.63, 3.8) is 0 Å². The number of hydrogen-bond donors (Lipinski definition) is 1. The highest BCUT2D eigenvalue weighted by molar-refractivity contribution is 5.73. The second-order valence-corrected chi connectivity index (χ2v) is 4.27. The lowest BCUT2D eigenvalue weighted by molar-refractivity contribution is -0.103. The second kappa shape index (κ2) is 5.41. The molecule has 0 spiro atoms. The highest BCUT2D eigenvalue weighted by atomic mass is 16.3. The summed E-state index contributed by atoms with van der Waals surface area (Å²) in [5.41, 5.74) is 2.07. The van der Waals surface area contributed by atoms with E-state index in [0.29, 0.717) is 23.4 Å². The first-order valence-electron chi connectivity index (χ1n) is 5.88. The molecule has 0 saturated heterocycles. The first kappa shape index (κ1) is 13.6. The Kier molecular flexibility index (Phi) is 3.67. The standard InChI is InChI=1S/C15H12N2O3/c1-10-9-16-12(4-3-5-18)7-14(10)17-11(2)6-13(19)8-15(17)20/h5-9,19H,1-2H3. The molecule has 100 valence electrons. The minimum atomic E-state index is -0.342. The number of nitrogens with zero attached hydrogens (tertiary/aromatic N) is 2. The van der Waals surface area contributed by atoms with Gasteiger partial charge >= 0.3 is 0 Å². The maximum absolute atomic E-state index is 12.0. The predicted octanol–water partition coefficient (Wildman–Crippen LogP) is 1.11. The third-order valence-corrected chi connectivity index (χ3v) is 2.78. The molecule has 0 radical (unpaired) electrons. The van der Waals surface area contributed by atoms with Gasteiger partial charge < -0.3 is 5.11 Å². The molecule has 2 aromatic heterocycles. The minimum absolute atomic E-state index is 0.0728. The maximum Gasteiger partial charge on any atom is 0.258 e. The molecule has 0 amide bonds. The maximum atomic E-state index is 12.0. The van der Waals surface area contributed by atoms with Gasteiger partial charge in [0.05, 0.1) is 5.69 Å². The molecular weight excluding hydrogens is 256 g/mol. The topological polar surface area (TPSA) is 72.2 Å². The van der Waals surface area contributed by atoms with Crippen LogP contribution in [-0.2, 0) is 4.79 Å². The zero-order valence-electron chi connectivity index (χ0n) is 11.0. The van der Waals surface area contributed by atoms with Crippen molar-refractivity contribution >= 4 is 6.29 Å². The van der Waals surface area contributed by atoms with Crippen molar-refractivity contribution in [1.29, 1.82) is 0 Å². The Morgan fingerprint density at radius 1 is 1.30 bits per heavy atom. The number of carbonyl (C=O) groups is 1. The molecule has 1 N–H and O–H groups in total. The summed E-state index contributed by atoms with van der Waals surface area (Å²) in [5.74, 6) is 4.80. The number of aromatic hydroxyl groups is 1. The molecule has 0 aromatic carbocycles. The molecule has 0 saturated carbocycles. The van der Waals surface area contributed by atoms with Gasteiger partial charge in [0.15, 0.2) is 6.29 Å². The fourth-order valence-electron chi connectivity index (χ4n) is 1.92. The van der Waals surface area contributed by atoms with Gasteiger partial charge in [0.25, 0.3) is 5.56 Å². The lowest BCUT2D eigenvalue weighted by Crippen LogP contribution is -2.20. The van der Waals surface area contributed by atoms with Gasteiger partial charge in [-0.2, -0.15) is 0 Å². The third-order valence-electron chi connectivity index (χ3n) is 2.78. The van der Waals surface area contributed by atoms with Crippen LogP contribution in [0.3, 0.4) is 0 Å². The number of aryl methyl sites for hydroxylation is 2. The van der Waals surface area contributed by atoms with E-state index in [4.69, 9.17) is 0 Å². The molecule has 0 atom stereocenters. The Labute approximate surface area is 115 Å². The number of aldehydes is 1. The zero-order valence-corrected chi connectivity index (χ0v) is 11.0. The summed E-state index contributed by atoms with van der Waals surface area (Å²) < 4.78 is 1.46. The Morgan fingerprint density at radius 3 is 2.70 bits per heavy atom. The molecule has 0 aliphatic carbocycles. The van der Waals surface area contributed by atoms with Crippen LogP contribution in [-0.4, -0.2) is 20.9 Å². The lowest BCUT2D eigenvalue weighted by atomic mass is 10.2. The Morgan fingerprint density at radius 2 is 2.05 bits per heavy atom. The van der Waals surface area contributed by atoms with Crippen molar-refractivity contribution < 1.29 is 9.90 Å². The molecule has 5 nitrogen and oxygen atoms in total. The third kappa shape index (κ3) is 2.59. The van der Waals surface area contributed by atoms with E-state index in [0.717, 1.165) is 11.6 Å². The SMILES string of the molecule is Cc1cnc(C#CC=O)cc1-n1c(C)cc(O)cc1=O. The molecule has 0 aliphatic heterocycles. The van der Waals surface area contributed by atoms with Crippen LogP contribution >= 0.6 is 0 Å². The van der Waals surface area contributed by atoms with Crippen LogP contribution in [0.2, 0.25) is 0 Å². The number of pyridine rings is 2. The average molecular weight is 268 g/mol. The molecule has 0 fully saturated rings. The Hall–Kier alpha value is -2.87. The van der Waals surface area contributed by atoms with Crippen molar-refractivity contribution in [2.45, 2.75) is 13.8 Å². The van der Waals surface area contributed by atoms with E-state index in [2.05, 4.69) is 16.8 Å². The highest BCUT2D eigenvalue weighted by Crippen LogP contribution is 2.16. The zero-order chi connectivity index (χ0) is 14.7. The van der Waals surface area contributed by atoms with Gasteiger partial charge in [0.2, 0.25) is 0 Å². The van der Waals surface area contributed by atoms with Crippen molar-refractivity contribution in [2.24, 2.45) is 0 Å². The predicted molar refractivity (Wildman–Crippen MR) is 73.9 cm³/mol. The van der Waals surface area contributed by atoms with Gasteiger partial charge in [-0.25, -0.2) is 4.98 Å². The van der Waals surface area contributed by atoms with Crippen LogP contribution < -0.4 is 5.56 Å². The van der Waals surface area contributed by atoms with Crippen LogP contribution in [0.5, 0.6) is 5.75 Å². The minimum Gasteiger partial charge on any atom is -0.508 e. The summed E-state index contributed by atoms with van der Waals surface area (Å²) in [6.45, 7) is 3.54. The summed E-state index contributed by atoms with van der Waals surface area (Å²) in [7, 11) is 0. The Balaban J connectivity index is 2.69. The van der Waals surface area contributed by atoms with Crippen LogP contribution in [0.15, 0.2) is 29.2 Å². The van der Waals surface area contributed by atoms with E-state index in [1.807, 2.05) is 6.92 Å². The summed E-state index contributed by atoms with van der Waals surface area (Å²) >= 11 is 0. The van der Waals surface area contributed by atoms with Gasteiger partial charge in [-0.3, -0.25) is 14.2 Å². The van der Waals surface area contributed by atoms with Crippen LogP contribution in [0.25, 0.3) is 5.69 Å². The van der Waals surface area contributed by atoms with Crippen molar-refractivity contribution in [1.82, 2.24) is 9.55 Å². The van der Waals surface area contributed by atoms with Gasteiger partial charge in [-0.15, -0.1) is 0 Å². The summed E-state index contributed by atoms with van der Waals surface area (Å²) in [6.07, 6.45) is 2.07. The molecular formula is C15H12N2O3. The molecule has 2 aromatic rings. The molecule has 2 heterocycles. The van der Waals surface area contributed by atoms with E-state index in [9.17, 15) is 14.7 Å². The van der Waals surface area contributed by atoms with Crippen LogP contribution in [0.4, 0.5) is 0 Å². The quantitative estimate of drug-likeness (QED) is 0.621. The molecule has 20 heavy (non-hydrogen) atoms. The van der Waals surface area contributed by atoms with Crippen molar-refractivity contribution in [2.75, 3.05) is 0 Å². The number of rotatable bonds is 1. The number of carbonyl (C=O) groups excluding carboxylic acids is 1. The first-order chi connectivity index (χ1) is 9.52. The normalized spacial score (nSPS) is 9.70. The molecule has 0 aliphatic rings. The number of aromatic nitrogens is 2. The second-order valence-electron chi connectivity index (χ2n) is 4.27. The van der Waals surface area contributed by atoms with E-state index < -0.39 is 0 Å². The summed E-state index contributed by atoms with van der Waals surface area (Å²) in [4.78, 5) is 26.4. The van der Waals surface area contributed by atoms with Crippen LogP contribution in [0.1, 0.15) is 17.0 Å². The molecule has 0 bridgehead atoms. The smallest absolute Gasteiger partial charge is 0.258 e. The summed E-state index contributed by atoms with van der Waals surface area (Å²) in [5, 5.41) is 9.42. The van der Waals surface area contributed by atoms with E-state index in [1.165, 1.54) is 10.6 Å². The van der Waals surface area contributed by atoms with Crippen molar-refractivity contribution in [3.05, 3.63) is 51.7 Å². The number of hydrogen-bond acceptors (Lipinski definition) is 4. The first-order valence-corrected chi connectivity index (χ1v) is 5.88. The van der Waals surface area contributed by atoms with Gasteiger partial charge in [0.1, 0.15) is 11.4 Å². The monoisotopic (exact) mass is 268 g/mol. The fraction of sp³-hybridized carbons (Fsp3) is 0.133. The van der Waals surface area contributed by atoms with Crippen LogP contribution in [0, 0.1) is 25.7 Å². The lowest BCUT2D eigenvalue weighted by Gasteiger charge is -2.12. The van der Waals surface area contributed by atoms with Gasteiger partial charge in [-0.05, 0) is 43.4 Å². The van der Waals surface area contributed by atoms with E-state index in [1.54, 1.807) is 19.2 Å². The van der Waals surface area contributed by atoms with E-state index in [-0.39, 0.29) is 11.3 Å². The summed E-state index contributed by atoms with van der Waals surface area (Å²) in [6, 6.07) is 4.28. The molecule has 2 rings (SSSR count). The van der Waals surface area contributed by atoms with Gasteiger partial charge in [-0.1, -0.05) is 0 Å². The Bertz CT molecular complexity index is 795. The van der Waals surface area contributed by atoms with Gasteiger partial charge in [0, 0.05) is 18.0 Å². The molecule has 5 heteroatoms. The van der Waals surface area contributed by atoms with Crippen molar-refractivity contribution in [3.8, 4) is 23.3 Å². The largest absolute Gasteiger partial charge is 0.508 e. The van der Waals surface area contributed by atoms with E-state index >= 15 is 0 Å². The fourth-order valence-corrected chi connectivity index (χ4v) is 1.92. The molecule has 0 unspecified atom stereocenters.